The maximum atomic E-state index is 13.7. The van der Waals surface area contributed by atoms with Crippen LogP contribution in [0.4, 0.5) is 4.39 Å². The molecule has 1 aromatic carbocycles. The first-order valence-corrected chi connectivity index (χ1v) is 9.80. The lowest BCUT2D eigenvalue weighted by atomic mass is 10.1. The Labute approximate surface area is 176 Å². The summed E-state index contributed by atoms with van der Waals surface area (Å²) in [6.07, 6.45) is 3.65. The summed E-state index contributed by atoms with van der Waals surface area (Å²) >= 11 is 5.95. The van der Waals surface area contributed by atoms with E-state index < -0.39 is 29.4 Å². The number of carbonyl (C=O) groups excluding carboxylic acids is 1. The fourth-order valence-corrected chi connectivity index (χ4v) is 3.59. The van der Waals surface area contributed by atoms with Crippen molar-refractivity contribution in [2.75, 3.05) is 0 Å². The van der Waals surface area contributed by atoms with E-state index in [1.807, 2.05) is 0 Å². The van der Waals surface area contributed by atoms with Crippen LogP contribution in [0.25, 0.3) is 16.9 Å². The summed E-state index contributed by atoms with van der Waals surface area (Å²) in [7, 11) is 0. The third kappa shape index (κ3) is 4.10. The number of aliphatic hydroxyl groups excluding tert-OH is 1. The van der Waals surface area contributed by atoms with E-state index in [9.17, 15) is 19.1 Å². The van der Waals surface area contributed by atoms with Gasteiger partial charge in [0, 0.05) is 16.7 Å². The van der Waals surface area contributed by atoms with E-state index in [0.717, 1.165) is 23.4 Å². The van der Waals surface area contributed by atoms with Crippen LogP contribution in [-0.2, 0) is 0 Å². The molecule has 0 spiro atoms. The van der Waals surface area contributed by atoms with Gasteiger partial charge in [0.15, 0.2) is 0 Å². The predicted octanol–water partition coefficient (Wildman–Crippen LogP) is 2.73. The number of halogens is 2. The van der Waals surface area contributed by atoms with Crippen LogP contribution in [0, 0.1) is 5.82 Å². The summed E-state index contributed by atoms with van der Waals surface area (Å²) in [5.41, 5.74) is 0.147. The van der Waals surface area contributed by atoms with Gasteiger partial charge in [0.05, 0.1) is 35.9 Å². The average Bonchev–Trinajstić information content (AvgIpc) is 3.13. The minimum atomic E-state index is -0.717. The number of benzene rings is 1. The summed E-state index contributed by atoms with van der Waals surface area (Å²) in [5.74, 6) is -1.26. The summed E-state index contributed by atoms with van der Waals surface area (Å²) in [6, 6.07) is 8.78. The fraction of sp³-hybridized carbons (Fsp3) is 0.238. The van der Waals surface area contributed by atoms with Gasteiger partial charge in [-0.1, -0.05) is 23.7 Å². The molecular weight excluding hydrogens is 411 g/mol. The number of hydrogen-bond acceptors (Lipinski definition) is 5. The fourth-order valence-electron chi connectivity index (χ4n) is 3.47. The van der Waals surface area contributed by atoms with Crippen LogP contribution in [0.1, 0.15) is 29.6 Å². The number of rotatable bonds is 4. The Morgan fingerprint density at radius 3 is 2.63 bits per heavy atom. The first-order valence-electron chi connectivity index (χ1n) is 9.42. The lowest BCUT2D eigenvalue weighted by Gasteiger charge is -2.17. The highest BCUT2D eigenvalue weighted by Crippen LogP contribution is 2.22. The van der Waals surface area contributed by atoms with Crippen molar-refractivity contribution in [3.8, 4) is 16.9 Å². The van der Waals surface area contributed by atoms with E-state index in [1.165, 1.54) is 12.3 Å². The van der Waals surface area contributed by atoms with Crippen LogP contribution in [0.15, 0.2) is 53.6 Å². The van der Waals surface area contributed by atoms with Crippen molar-refractivity contribution < 1.29 is 14.3 Å². The Hall–Kier alpha value is -3.10. The van der Waals surface area contributed by atoms with E-state index in [4.69, 9.17) is 11.6 Å². The third-order valence-corrected chi connectivity index (χ3v) is 5.28. The molecule has 7 nitrogen and oxygen atoms in total. The van der Waals surface area contributed by atoms with Gasteiger partial charge >= 0.3 is 0 Å². The lowest BCUT2D eigenvalue weighted by Crippen LogP contribution is -2.42. The largest absolute Gasteiger partial charge is 0.391 e. The van der Waals surface area contributed by atoms with Crippen LogP contribution >= 0.6 is 11.6 Å². The first kappa shape index (κ1) is 20.2. The molecule has 0 unspecified atom stereocenters. The first-order chi connectivity index (χ1) is 14.4. The van der Waals surface area contributed by atoms with Crippen molar-refractivity contribution in [1.29, 1.82) is 0 Å². The number of pyridine rings is 1. The molecule has 1 saturated carbocycles. The lowest BCUT2D eigenvalue weighted by molar-refractivity contribution is 0.0871. The number of aromatic nitrogens is 3. The number of hydrogen-bond donors (Lipinski definition) is 2. The molecule has 0 saturated heterocycles. The van der Waals surface area contributed by atoms with Crippen molar-refractivity contribution in [2.24, 2.45) is 0 Å². The summed E-state index contributed by atoms with van der Waals surface area (Å²) in [4.78, 5) is 29.7. The highest BCUT2D eigenvalue weighted by molar-refractivity contribution is 6.30. The zero-order valence-electron chi connectivity index (χ0n) is 15.8. The molecule has 2 N–H and O–H groups in total. The second-order valence-electron chi connectivity index (χ2n) is 7.11. The van der Waals surface area contributed by atoms with Gasteiger partial charge in [-0.05, 0) is 37.5 Å². The zero-order chi connectivity index (χ0) is 21.3. The number of nitrogens with one attached hydrogen (secondary N) is 1. The Balaban J connectivity index is 1.82. The van der Waals surface area contributed by atoms with E-state index in [2.05, 4.69) is 15.4 Å². The van der Waals surface area contributed by atoms with Gasteiger partial charge in [0.25, 0.3) is 11.5 Å². The molecule has 4 rings (SSSR count). The normalized spacial score (nSPS) is 18.4. The van der Waals surface area contributed by atoms with Crippen molar-refractivity contribution in [3.63, 3.8) is 0 Å². The van der Waals surface area contributed by atoms with Gasteiger partial charge in [-0.2, -0.15) is 9.78 Å². The number of carbonyl (C=O) groups is 1. The van der Waals surface area contributed by atoms with E-state index in [1.54, 1.807) is 24.3 Å². The molecule has 0 bridgehead atoms. The molecule has 154 valence electrons. The molecule has 1 amide bonds. The van der Waals surface area contributed by atoms with Crippen molar-refractivity contribution >= 4 is 17.5 Å². The van der Waals surface area contributed by atoms with Gasteiger partial charge in [0.1, 0.15) is 11.4 Å². The van der Waals surface area contributed by atoms with Crippen LogP contribution in [-0.4, -0.2) is 37.9 Å². The second kappa shape index (κ2) is 8.33. The average molecular weight is 429 g/mol. The molecule has 2 atom stereocenters. The number of amides is 1. The van der Waals surface area contributed by atoms with E-state index >= 15 is 0 Å². The minimum Gasteiger partial charge on any atom is -0.391 e. The third-order valence-electron chi connectivity index (χ3n) is 5.03. The van der Waals surface area contributed by atoms with Crippen molar-refractivity contribution in [3.05, 3.63) is 75.5 Å². The number of aliphatic hydroxyl groups is 1. The van der Waals surface area contributed by atoms with Crippen molar-refractivity contribution in [1.82, 2.24) is 20.1 Å². The van der Waals surface area contributed by atoms with Crippen LogP contribution in [0.3, 0.4) is 0 Å². The van der Waals surface area contributed by atoms with Crippen LogP contribution in [0.5, 0.6) is 0 Å². The summed E-state index contributed by atoms with van der Waals surface area (Å²) in [6.45, 7) is 0. The molecule has 2 heterocycles. The molecular formula is C21H18ClFN4O3. The highest BCUT2D eigenvalue weighted by Gasteiger charge is 2.28. The van der Waals surface area contributed by atoms with Gasteiger partial charge in [-0.3, -0.25) is 14.6 Å². The Morgan fingerprint density at radius 1 is 1.20 bits per heavy atom. The number of nitrogens with zero attached hydrogens (tertiary/aromatic N) is 3. The topological polar surface area (TPSA) is 97.1 Å². The molecule has 9 heteroatoms. The van der Waals surface area contributed by atoms with Gasteiger partial charge in [-0.25, -0.2) is 4.39 Å². The van der Waals surface area contributed by atoms with Crippen molar-refractivity contribution in [2.45, 2.75) is 31.4 Å². The standard InChI is InChI=1S/C21H18ClFN4O3/c22-13-6-4-12(5-7-13)18-9-16(20(29)25-17-2-1-3-19(17)28)21(30)27(26-18)15-8-14(23)10-24-11-15/h4-11,17,19,28H,1-3H2,(H,25,29)/t17-,19+/m0/s1. The van der Waals surface area contributed by atoms with E-state index in [-0.39, 0.29) is 11.3 Å². The maximum absolute atomic E-state index is 13.7. The Morgan fingerprint density at radius 2 is 1.97 bits per heavy atom. The minimum absolute atomic E-state index is 0.0887. The molecule has 2 aromatic heterocycles. The van der Waals surface area contributed by atoms with Gasteiger partial charge in [0.2, 0.25) is 0 Å². The maximum Gasteiger partial charge on any atom is 0.284 e. The molecule has 1 aliphatic rings. The smallest absolute Gasteiger partial charge is 0.284 e. The molecule has 0 radical (unpaired) electrons. The molecule has 0 aliphatic heterocycles. The van der Waals surface area contributed by atoms with Gasteiger partial charge < -0.3 is 10.4 Å². The van der Waals surface area contributed by atoms with Gasteiger partial charge in [-0.15, -0.1) is 0 Å². The van der Waals surface area contributed by atoms with Crippen LogP contribution < -0.4 is 10.9 Å². The molecule has 30 heavy (non-hydrogen) atoms. The summed E-state index contributed by atoms with van der Waals surface area (Å²) < 4.78 is 14.6. The Kier molecular flexibility index (Phi) is 5.61. The molecule has 3 aromatic rings. The predicted molar refractivity (Wildman–Crippen MR) is 109 cm³/mol. The summed E-state index contributed by atoms with van der Waals surface area (Å²) in [5, 5.41) is 17.5. The Bertz CT molecular complexity index is 1150. The quantitative estimate of drug-likeness (QED) is 0.666. The molecule has 1 aliphatic carbocycles. The monoisotopic (exact) mass is 428 g/mol. The zero-order valence-corrected chi connectivity index (χ0v) is 16.5. The molecule has 1 fully saturated rings. The van der Waals surface area contributed by atoms with Crippen LogP contribution in [0.2, 0.25) is 5.02 Å². The highest BCUT2D eigenvalue weighted by atomic mass is 35.5. The van der Waals surface area contributed by atoms with E-state index in [0.29, 0.717) is 29.1 Å². The SMILES string of the molecule is O=C(N[C@H]1CCC[C@H]1O)c1cc(-c2ccc(Cl)cc2)nn(-c2cncc(F)c2)c1=O. The second-order valence-corrected chi connectivity index (χ2v) is 7.54.